The van der Waals surface area contributed by atoms with Crippen LogP contribution in [0, 0.1) is 6.92 Å². The molecule has 0 spiro atoms. The maximum Gasteiger partial charge on any atom is 0.238 e. The third-order valence-electron chi connectivity index (χ3n) is 4.51. The van der Waals surface area contributed by atoms with Crippen LogP contribution < -0.4 is 14.8 Å². The molecule has 0 aromatic heterocycles. The largest absolute Gasteiger partial charge is 0.497 e. The molecule has 5 heteroatoms. The van der Waals surface area contributed by atoms with Crippen molar-refractivity contribution < 1.29 is 14.3 Å². The van der Waals surface area contributed by atoms with Gasteiger partial charge < -0.3 is 14.8 Å². The Kier molecular flexibility index (Phi) is 5.78. The topological polar surface area (TPSA) is 50.8 Å². The molecule has 0 atom stereocenters. The summed E-state index contributed by atoms with van der Waals surface area (Å²) < 4.78 is 10.5. The minimum absolute atomic E-state index is 0.0279. The second kappa shape index (κ2) is 8.23. The predicted molar refractivity (Wildman–Crippen MR) is 103 cm³/mol. The van der Waals surface area contributed by atoms with Gasteiger partial charge in [-0.05, 0) is 25.3 Å². The van der Waals surface area contributed by atoms with Crippen molar-refractivity contribution in [3.8, 4) is 11.5 Å². The zero-order chi connectivity index (χ0) is 18.5. The Morgan fingerprint density at radius 1 is 1.12 bits per heavy atom. The van der Waals surface area contributed by atoms with E-state index in [9.17, 15) is 4.79 Å². The maximum absolute atomic E-state index is 12.6. The van der Waals surface area contributed by atoms with E-state index in [1.54, 1.807) is 32.4 Å². The summed E-state index contributed by atoms with van der Waals surface area (Å²) in [6.07, 6.45) is 2.32. The molecule has 0 bridgehead atoms. The van der Waals surface area contributed by atoms with Gasteiger partial charge >= 0.3 is 0 Å². The Balaban J connectivity index is 1.65. The van der Waals surface area contributed by atoms with Crippen LogP contribution in [0.15, 0.2) is 42.5 Å². The molecule has 1 saturated carbocycles. The molecule has 1 fully saturated rings. The van der Waals surface area contributed by atoms with Crippen molar-refractivity contribution >= 4 is 11.6 Å². The summed E-state index contributed by atoms with van der Waals surface area (Å²) in [5.41, 5.74) is 3.16. The average molecular weight is 354 g/mol. The first-order chi connectivity index (χ1) is 12.6. The van der Waals surface area contributed by atoms with E-state index < -0.39 is 0 Å². The van der Waals surface area contributed by atoms with E-state index in [1.807, 2.05) is 0 Å². The summed E-state index contributed by atoms with van der Waals surface area (Å²) in [7, 11) is 3.19. The van der Waals surface area contributed by atoms with Gasteiger partial charge in [-0.3, -0.25) is 9.69 Å². The van der Waals surface area contributed by atoms with E-state index in [2.05, 4.69) is 41.4 Å². The molecule has 2 aromatic rings. The summed E-state index contributed by atoms with van der Waals surface area (Å²) in [6.45, 7) is 3.26. The monoisotopic (exact) mass is 354 g/mol. The van der Waals surface area contributed by atoms with Crippen LogP contribution >= 0.6 is 0 Å². The van der Waals surface area contributed by atoms with Gasteiger partial charge in [-0.1, -0.05) is 29.8 Å². The van der Waals surface area contributed by atoms with Gasteiger partial charge in [0.1, 0.15) is 11.5 Å². The number of nitrogens with zero attached hydrogens (tertiary/aromatic N) is 1. The SMILES string of the molecule is COc1cc(NC(=O)CN(Cc2cccc(C)c2)C2CC2)cc(OC)c1. The second-order valence-corrected chi connectivity index (χ2v) is 6.77. The standard InChI is InChI=1S/C21H26N2O3/c1-15-5-4-6-16(9-15)13-23(18-7-8-18)14-21(24)22-17-10-19(25-2)12-20(11-17)26-3/h4-6,9-12,18H,7-8,13-14H2,1-3H3,(H,22,24). The number of carbonyl (C=O) groups is 1. The van der Waals surface area contributed by atoms with Gasteiger partial charge in [0.2, 0.25) is 5.91 Å². The lowest BCUT2D eigenvalue weighted by Gasteiger charge is -2.22. The number of hydrogen-bond acceptors (Lipinski definition) is 4. The number of anilines is 1. The first kappa shape index (κ1) is 18.3. The number of methoxy groups -OCH3 is 2. The van der Waals surface area contributed by atoms with E-state index >= 15 is 0 Å². The van der Waals surface area contributed by atoms with E-state index in [-0.39, 0.29) is 5.91 Å². The second-order valence-electron chi connectivity index (χ2n) is 6.77. The lowest BCUT2D eigenvalue weighted by Crippen LogP contribution is -2.34. The number of ether oxygens (including phenoxy) is 2. The fraction of sp³-hybridized carbons (Fsp3) is 0.381. The van der Waals surface area contributed by atoms with Crippen LogP contribution in [0.4, 0.5) is 5.69 Å². The van der Waals surface area contributed by atoms with E-state index in [4.69, 9.17) is 9.47 Å². The van der Waals surface area contributed by atoms with Crippen LogP contribution in [0.25, 0.3) is 0 Å². The highest BCUT2D eigenvalue weighted by atomic mass is 16.5. The molecule has 1 aliphatic rings. The highest BCUT2D eigenvalue weighted by Crippen LogP contribution is 2.29. The van der Waals surface area contributed by atoms with Gasteiger partial charge in [0.25, 0.3) is 0 Å². The van der Waals surface area contributed by atoms with E-state index in [0.29, 0.717) is 29.8 Å². The maximum atomic E-state index is 12.6. The zero-order valence-corrected chi connectivity index (χ0v) is 15.6. The zero-order valence-electron chi connectivity index (χ0n) is 15.6. The molecule has 0 radical (unpaired) electrons. The third kappa shape index (κ3) is 4.99. The van der Waals surface area contributed by atoms with Crippen molar-refractivity contribution in [1.29, 1.82) is 0 Å². The molecule has 26 heavy (non-hydrogen) atoms. The highest BCUT2D eigenvalue weighted by molar-refractivity contribution is 5.92. The van der Waals surface area contributed by atoms with Gasteiger partial charge in [0.15, 0.2) is 0 Å². The van der Waals surface area contributed by atoms with Crippen LogP contribution in [0.5, 0.6) is 11.5 Å². The summed E-state index contributed by atoms with van der Waals surface area (Å²) >= 11 is 0. The van der Waals surface area contributed by atoms with Crippen LogP contribution in [0.3, 0.4) is 0 Å². The molecule has 2 aromatic carbocycles. The molecule has 5 nitrogen and oxygen atoms in total. The van der Waals surface area contributed by atoms with Gasteiger partial charge in [-0.2, -0.15) is 0 Å². The first-order valence-corrected chi connectivity index (χ1v) is 8.90. The summed E-state index contributed by atoms with van der Waals surface area (Å²) in [5.74, 6) is 1.27. The van der Waals surface area contributed by atoms with Crippen molar-refractivity contribution in [1.82, 2.24) is 4.90 Å². The van der Waals surface area contributed by atoms with Crippen molar-refractivity contribution in [3.63, 3.8) is 0 Å². The van der Waals surface area contributed by atoms with Gasteiger partial charge in [0.05, 0.1) is 20.8 Å². The van der Waals surface area contributed by atoms with Crippen LogP contribution in [-0.2, 0) is 11.3 Å². The number of amides is 1. The number of rotatable bonds is 8. The molecule has 0 unspecified atom stereocenters. The number of benzene rings is 2. The van der Waals surface area contributed by atoms with Gasteiger partial charge in [-0.25, -0.2) is 0 Å². The Morgan fingerprint density at radius 2 is 1.81 bits per heavy atom. The highest BCUT2D eigenvalue weighted by Gasteiger charge is 2.30. The number of carbonyl (C=O) groups excluding carboxylic acids is 1. The van der Waals surface area contributed by atoms with Crippen molar-refractivity contribution in [3.05, 3.63) is 53.6 Å². The van der Waals surface area contributed by atoms with Gasteiger partial charge in [0, 0.05) is 36.5 Å². The van der Waals surface area contributed by atoms with Crippen LogP contribution in [-0.4, -0.2) is 37.6 Å². The van der Waals surface area contributed by atoms with Crippen molar-refractivity contribution in [2.24, 2.45) is 0 Å². The smallest absolute Gasteiger partial charge is 0.238 e. The Bertz CT molecular complexity index is 749. The van der Waals surface area contributed by atoms with E-state index in [1.165, 1.54) is 11.1 Å². The molecule has 1 aliphatic carbocycles. The molecule has 1 N–H and O–H groups in total. The minimum Gasteiger partial charge on any atom is -0.497 e. The molecular formula is C21H26N2O3. The summed E-state index contributed by atoms with van der Waals surface area (Å²) in [5, 5.41) is 2.96. The molecule has 1 amide bonds. The number of nitrogens with one attached hydrogen (secondary N) is 1. The molecule has 138 valence electrons. The normalized spacial score (nSPS) is 13.5. The van der Waals surface area contributed by atoms with Crippen LogP contribution in [0.2, 0.25) is 0 Å². The third-order valence-corrected chi connectivity index (χ3v) is 4.51. The van der Waals surface area contributed by atoms with Gasteiger partial charge in [-0.15, -0.1) is 0 Å². The molecule has 0 aliphatic heterocycles. The Morgan fingerprint density at radius 3 is 2.38 bits per heavy atom. The molecular weight excluding hydrogens is 328 g/mol. The Hall–Kier alpha value is -2.53. The predicted octanol–water partition coefficient (Wildman–Crippen LogP) is 3.62. The lowest BCUT2D eigenvalue weighted by atomic mass is 10.1. The summed E-state index contributed by atoms with van der Waals surface area (Å²) in [6, 6.07) is 14.3. The molecule has 0 saturated heterocycles. The molecule has 3 rings (SSSR count). The van der Waals surface area contributed by atoms with Crippen LogP contribution in [0.1, 0.15) is 24.0 Å². The fourth-order valence-corrected chi connectivity index (χ4v) is 3.06. The molecule has 0 heterocycles. The minimum atomic E-state index is -0.0279. The average Bonchev–Trinajstić information content (AvgIpc) is 3.46. The lowest BCUT2D eigenvalue weighted by molar-refractivity contribution is -0.117. The Labute approximate surface area is 154 Å². The number of hydrogen-bond donors (Lipinski definition) is 1. The van der Waals surface area contributed by atoms with Crippen molar-refractivity contribution in [2.75, 3.05) is 26.1 Å². The number of aryl methyl sites for hydroxylation is 1. The summed E-state index contributed by atoms with van der Waals surface area (Å²) in [4.78, 5) is 14.8. The van der Waals surface area contributed by atoms with E-state index in [0.717, 1.165) is 19.4 Å². The first-order valence-electron chi connectivity index (χ1n) is 8.90. The van der Waals surface area contributed by atoms with Crippen molar-refractivity contribution in [2.45, 2.75) is 32.4 Å². The quantitative estimate of drug-likeness (QED) is 0.787. The fourth-order valence-electron chi connectivity index (χ4n) is 3.06.